The summed E-state index contributed by atoms with van der Waals surface area (Å²) in [6, 6.07) is 5.72. The van der Waals surface area contributed by atoms with Crippen molar-refractivity contribution < 1.29 is 0 Å². The Bertz CT molecular complexity index is 476. The van der Waals surface area contributed by atoms with Crippen molar-refractivity contribution in [2.24, 2.45) is 0 Å². The van der Waals surface area contributed by atoms with E-state index in [0.29, 0.717) is 6.54 Å². The lowest BCUT2D eigenvalue weighted by molar-refractivity contribution is 1.09. The van der Waals surface area contributed by atoms with Crippen molar-refractivity contribution in [3.8, 4) is 0 Å². The molecule has 82 valence electrons. The van der Waals surface area contributed by atoms with Crippen LogP contribution >= 0.6 is 27.5 Å². The Kier molecular flexibility index (Phi) is 3.74. The maximum atomic E-state index is 5.86. The lowest BCUT2D eigenvalue weighted by Gasteiger charge is -2.07. The van der Waals surface area contributed by atoms with Gasteiger partial charge in [0.25, 0.3) is 0 Å². The van der Waals surface area contributed by atoms with E-state index in [1.165, 1.54) is 6.33 Å². The van der Waals surface area contributed by atoms with Crippen LogP contribution in [-0.4, -0.2) is 9.97 Å². The summed E-state index contributed by atoms with van der Waals surface area (Å²) >= 11 is 9.33. The van der Waals surface area contributed by atoms with E-state index in [0.717, 1.165) is 20.7 Å². The highest BCUT2D eigenvalue weighted by Crippen LogP contribution is 2.22. The number of rotatable bonds is 3. The number of nitrogens with zero attached hydrogens (tertiary/aromatic N) is 2. The summed E-state index contributed by atoms with van der Waals surface area (Å²) in [5, 5.41) is 3.94. The number of nitrogens with one attached hydrogen (secondary N) is 1. The number of halogens is 2. The smallest absolute Gasteiger partial charge is 0.115 e. The summed E-state index contributed by atoms with van der Waals surface area (Å²) in [5.41, 5.74) is 2.03. The first-order chi connectivity index (χ1) is 7.75. The molecule has 16 heavy (non-hydrogen) atoms. The monoisotopic (exact) mass is 297 g/mol. The second kappa shape index (κ2) is 5.27. The Balaban J connectivity index is 2.05. The van der Waals surface area contributed by atoms with Gasteiger partial charge >= 0.3 is 0 Å². The Labute approximate surface area is 107 Å². The molecule has 0 atom stereocenters. The number of anilines is 1. The van der Waals surface area contributed by atoms with Gasteiger partial charge in [-0.3, -0.25) is 0 Å². The van der Waals surface area contributed by atoms with Crippen LogP contribution in [0.1, 0.15) is 5.56 Å². The highest BCUT2D eigenvalue weighted by atomic mass is 79.9. The van der Waals surface area contributed by atoms with Gasteiger partial charge in [-0.1, -0.05) is 33.6 Å². The molecule has 5 heteroatoms. The lowest BCUT2D eigenvalue weighted by atomic mass is 10.2. The van der Waals surface area contributed by atoms with Crippen LogP contribution in [0.4, 0.5) is 5.69 Å². The molecule has 0 aliphatic heterocycles. The van der Waals surface area contributed by atoms with Crippen molar-refractivity contribution in [3.63, 3.8) is 0 Å². The number of hydrogen-bond donors (Lipinski definition) is 1. The molecule has 0 radical (unpaired) electrons. The Morgan fingerprint density at radius 2 is 2.00 bits per heavy atom. The van der Waals surface area contributed by atoms with Crippen LogP contribution < -0.4 is 5.32 Å². The highest BCUT2D eigenvalue weighted by Gasteiger charge is 2.00. The van der Waals surface area contributed by atoms with Crippen LogP contribution in [0.3, 0.4) is 0 Å². The number of aromatic nitrogens is 2. The molecule has 2 rings (SSSR count). The zero-order chi connectivity index (χ0) is 11.4. The summed E-state index contributed by atoms with van der Waals surface area (Å²) in [5.74, 6) is 0. The Morgan fingerprint density at radius 1 is 1.25 bits per heavy atom. The molecule has 0 fully saturated rings. The van der Waals surface area contributed by atoms with Gasteiger partial charge in [0.2, 0.25) is 0 Å². The van der Waals surface area contributed by atoms with Gasteiger partial charge < -0.3 is 5.32 Å². The topological polar surface area (TPSA) is 37.8 Å². The second-order valence-corrected chi connectivity index (χ2v) is 4.51. The largest absolute Gasteiger partial charge is 0.378 e. The Morgan fingerprint density at radius 3 is 2.69 bits per heavy atom. The Hall–Kier alpha value is -1.13. The quantitative estimate of drug-likeness (QED) is 0.942. The average molecular weight is 299 g/mol. The first-order valence-electron chi connectivity index (χ1n) is 4.68. The van der Waals surface area contributed by atoms with Crippen LogP contribution in [0, 0.1) is 0 Å². The zero-order valence-corrected chi connectivity index (χ0v) is 10.7. The normalized spacial score (nSPS) is 10.1. The minimum atomic E-state index is 0.700. The van der Waals surface area contributed by atoms with Gasteiger partial charge in [-0.05, 0) is 17.7 Å². The predicted octanol–water partition coefficient (Wildman–Crippen LogP) is 3.50. The molecular formula is C11H9BrClN3. The van der Waals surface area contributed by atoms with Crippen molar-refractivity contribution in [1.29, 1.82) is 0 Å². The molecule has 0 amide bonds. The lowest BCUT2D eigenvalue weighted by Crippen LogP contribution is -2.00. The summed E-state index contributed by atoms with van der Waals surface area (Å²) in [4.78, 5) is 7.85. The third kappa shape index (κ3) is 2.93. The van der Waals surface area contributed by atoms with Gasteiger partial charge in [-0.15, -0.1) is 0 Å². The third-order valence-electron chi connectivity index (χ3n) is 2.06. The van der Waals surface area contributed by atoms with Gasteiger partial charge in [0, 0.05) is 16.0 Å². The van der Waals surface area contributed by atoms with Crippen LogP contribution in [0.5, 0.6) is 0 Å². The first-order valence-corrected chi connectivity index (χ1v) is 5.85. The van der Waals surface area contributed by atoms with E-state index >= 15 is 0 Å². The molecule has 3 nitrogen and oxygen atoms in total. The minimum Gasteiger partial charge on any atom is -0.378 e. The molecule has 0 aliphatic rings. The van der Waals surface area contributed by atoms with Crippen LogP contribution in [0.15, 0.2) is 41.4 Å². The molecule has 0 unspecified atom stereocenters. The summed E-state index contributed by atoms with van der Waals surface area (Å²) in [7, 11) is 0. The average Bonchev–Trinajstić information content (AvgIpc) is 2.29. The van der Waals surface area contributed by atoms with Crippen molar-refractivity contribution in [3.05, 3.63) is 52.0 Å². The van der Waals surface area contributed by atoms with E-state index in [9.17, 15) is 0 Å². The van der Waals surface area contributed by atoms with E-state index < -0.39 is 0 Å². The predicted molar refractivity (Wildman–Crippen MR) is 68.5 cm³/mol. The maximum absolute atomic E-state index is 5.86. The molecule has 1 N–H and O–H groups in total. The van der Waals surface area contributed by atoms with E-state index in [1.807, 2.05) is 18.2 Å². The van der Waals surface area contributed by atoms with Crippen molar-refractivity contribution >= 4 is 33.2 Å². The van der Waals surface area contributed by atoms with Gasteiger partial charge in [0.1, 0.15) is 6.33 Å². The van der Waals surface area contributed by atoms with Gasteiger partial charge in [0.15, 0.2) is 0 Å². The maximum Gasteiger partial charge on any atom is 0.115 e. The van der Waals surface area contributed by atoms with Crippen molar-refractivity contribution in [1.82, 2.24) is 9.97 Å². The zero-order valence-electron chi connectivity index (χ0n) is 8.32. The second-order valence-electron chi connectivity index (χ2n) is 3.22. The first kappa shape index (κ1) is 11.4. The van der Waals surface area contributed by atoms with Gasteiger partial charge in [-0.2, -0.15) is 0 Å². The molecular weight excluding hydrogens is 289 g/mol. The number of hydrogen-bond acceptors (Lipinski definition) is 3. The van der Waals surface area contributed by atoms with E-state index in [4.69, 9.17) is 11.6 Å². The van der Waals surface area contributed by atoms with Gasteiger partial charge in [0.05, 0.1) is 18.1 Å². The highest BCUT2D eigenvalue weighted by molar-refractivity contribution is 9.10. The van der Waals surface area contributed by atoms with Crippen molar-refractivity contribution in [2.45, 2.75) is 6.54 Å². The van der Waals surface area contributed by atoms with Crippen LogP contribution in [-0.2, 0) is 6.54 Å². The fourth-order valence-electron chi connectivity index (χ4n) is 1.25. The fraction of sp³-hybridized carbons (Fsp3) is 0.0909. The molecule has 2 aromatic rings. The molecule has 0 saturated heterocycles. The third-order valence-corrected chi connectivity index (χ3v) is 3.03. The van der Waals surface area contributed by atoms with E-state index in [1.54, 1.807) is 12.4 Å². The summed E-state index contributed by atoms with van der Waals surface area (Å²) in [6.45, 7) is 0.700. The van der Waals surface area contributed by atoms with E-state index in [2.05, 4.69) is 31.2 Å². The van der Waals surface area contributed by atoms with Crippen LogP contribution in [0.25, 0.3) is 0 Å². The SMILES string of the molecule is Clc1ccc(CNc2cncnc2)c(Br)c1. The molecule has 1 heterocycles. The molecule has 1 aromatic carbocycles. The fourth-order valence-corrected chi connectivity index (χ4v) is 2.08. The summed E-state index contributed by atoms with van der Waals surface area (Å²) in [6.07, 6.45) is 4.97. The van der Waals surface area contributed by atoms with Crippen LogP contribution in [0.2, 0.25) is 5.02 Å². The number of benzene rings is 1. The summed E-state index contributed by atoms with van der Waals surface area (Å²) < 4.78 is 0.990. The van der Waals surface area contributed by atoms with Gasteiger partial charge in [-0.25, -0.2) is 9.97 Å². The molecule has 0 spiro atoms. The van der Waals surface area contributed by atoms with Crippen molar-refractivity contribution in [2.75, 3.05) is 5.32 Å². The molecule has 0 saturated carbocycles. The standard InChI is InChI=1S/C11H9BrClN3/c12-11-3-9(13)2-1-8(11)4-16-10-5-14-7-15-6-10/h1-3,5-7,16H,4H2. The molecule has 1 aromatic heterocycles. The molecule has 0 aliphatic carbocycles. The minimum absolute atomic E-state index is 0.700. The molecule has 0 bridgehead atoms. The van der Waals surface area contributed by atoms with E-state index in [-0.39, 0.29) is 0 Å².